The Morgan fingerprint density at radius 1 is 1.37 bits per heavy atom. The summed E-state index contributed by atoms with van der Waals surface area (Å²) in [5.41, 5.74) is 0. The van der Waals surface area contributed by atoms with Crippen LogP contribution in [0.2, 0.25) is 5.15 Å². The van der Waals surface area contributed by atoms with E-state index in [1.807, 2.05) is 0 Å². The zero-order valence-corrected chi connectivity index (χ0v) is 12.5. The maximum absolute atomic E-state index is 12.2. The summed E-state index contributed by atoms with van der Waals surface area (Å²) in [6.45, 7) is 2.19. The van der Waals surface area contributed by atoms with Gasteiger partial charge in [-0.1, -0.05) is 24.9 Å². The van der Waals surface area contributed by atoms with Crippen molar-refractivity contribution in [3.05, 3.63) is 23.5 Å². The molecule has 1 fully saturated rings. The molecule has 1 aliphatic carbocycles. The average molecular weight is 303 g/mol. The molecule has 6 heteroatoms. The lowest BCUT2D eigenvalue weighted by Crippen LogP contribution is -2.37. The second-order valence-electron chi connectivity index (χ2n) is 5.04. The molecule has 0 unspecified atom stereocenters. The third-order valence-electron chi connectivity index (χ3n) is 3.76. The van der Waals surface area contributed by atoms with Gasteiger partial charge >= 0.3 is 0 Å². The van der Waals surface area contributed by atoms with Gasteiger partial charge in [-0.05, 0) is 43.7 Å². The molecule has 4 nitrogen and oxygen atoms in total. The molecule has 0 atom stereocenters. The predicted molar refractivity (Wildman–Crippen MR) is 75.6 cm³/mol. The second kappa shape index (κ2) is 6.20. The Hall–Kier alpha value is -0.650. The van der Waals surface area contributed by atoms with Crippen molar-refractivity contribution in [2.45, 2.75) is 50.0 Å². The van der Waals surface area contributed by atoms with E-state index in [9.17, 15) is 8.42 Å². The molecule has 2 rings (SSSR count). The van der Waals surface area contributed by atoms with E-state index in [0.717, 1.165) is 31.6 Å². The van der Waals surface area contributed by atoms with Crippen molar-refractivity contribution in [2.24, 2.45) is 5.92 Å². The Labute approximate surface area is 119 Å². The molecular formula is C13H19ClN2O2S. The Kier molecular flexibility index (Phi) is 4.81. The summed E-state index contributed by atoms with van der Waals surface area (Å²) < 4.78 is 27.2. The maximum Gasteiger partial charge on any atom is 0.243 e. The maximum atomic E-state index is 12.2. The van der Waals surface area contributed by atoms with Crippen LogP contribution in [0.5, 0.6) is 0 Å². The minimum Gasteiger partial charge on any atom is -0.243 e. The molecule has 0 bridgehead atoms. The highest BCUT2D eigenvalue weighted by Crippen LogP contribution is 2.28. The zero-order chi connectivity index (χ0) is 13.9. The Morgan fingerprint density at radius 3 is 2.63 bits per heavy atom. The summed E-state index contributed by atoms with van der Waals surface area (Å²) >= 11 is 5.84. The van der Waals surface area contributed by atoms with Crippen LogP contribution in [0.4, 0.5) is 0 Å². The van der Waals surface area contributed by atoms with Gasteiger partial charge in [0.05, 0.1) is 0 Å². The summed E-state index contributed by atoms with van der Waals surface area (Å²) in [6, 6.07) is 3.08. The number of aromatic nitrogens is 1. The first-order chi connectivity index (χ1) is 9.03. The van der Waals surface area contributed by atoms with Gasteiger partial charge in [0.2, 0.25) is 10.0 Å². The molecule has 0 saturated heterocycles. The molecule has 19 heavy (non-hydrogen) atoms. The lowest BCUT2D eigenvalue weighted by atomic mass is 9.85. The highest BCUT2D eigenvalue weighted by molar-refractivity contribution is 7.89. The number of hydrogen-bond acceptors (Lipinski definition) is 3. The standard InChI is InChI=1S/C13H19ClN2O2S/c1-2-10-5-7-11(8-6-10)16-19(17,18)12-4-3-9-15-13(12)14/h3-4,9-11,16H,2,5-8H2,1H3. The van der Waals surface area contributed by atoms with Gasteiger partial charge in [-0.2, -0.15) is 0 Å². The summed E-state index contributed by atoms with van der Waals surface area (Å²) in [7, 11) is -3.56. The van der Waals surface area contributed by atoms with Gasteiger partial charge in [0.1, 0.15) is 10.0 Å². The molecule has 1 aromatic rings. The Morgan fingerprint density at radius 2 is 2.05 bits per heavy atom. The minimum atomic E-state index is -3.56. The Bertz CT molecular complexity index is 525. The largest absolute Gasteiger partial charge is 0.243 e. The molecule has 1 saturated carbocycles. The van der Waals surface area contributed by atoms with Crippen molar-refractivity contribution in [1.29, 1.82) is 0 Å². The lowest BCUT2D eigenvalue weighted by molar-refractivity contribution is 0.306. The van der Waals surface area contributed by atoms with E-state index in [1.165, 1.54) is 18.7 Å². The van der Waals surface area contributed by atoms with Crippen molar-refractivity contribution in [2.75, 3.05) is 0 Å². The third-order valence-corrected chi connectivity index (χ3v) is 5.73. The smallest absolute Gasteiger partial charge is 0.243 e. The molecule has 106 valence electrons. The average Bonchev–Trinajstić information content (AvgIpc) is 2.39. The van der Waals surface area contributed by atoms with Gasteiger partial charge in [-0.25, -0.2) is 18.1 Å². The highest BCUT2D eigenvalue weighted by atomic mass is 35.5. The van der Waals surface area contributed by atoms with Crippen LogP contribution in [0.3, 0.4) is 0 Å². The summed E-state index contributed by atoms with van der Waals surface area (Å²) in [5.74, 6) is 0.739. The van der Waals surface area contributed by atoms with E-state index < -0.39 is 10.0 Å². The molecule has 1 aromatic heterocycles. The summed E-state index contributed by atoms with van der Waals surface area (Å²) in [5, 5.41) is 0.0252. The number of sulfonamides is 1. The van der Waals surface area contributed by atoms with Crippen molar-refractivity contribution >= 4 is 21.6 Å². The fourth-order valence-corrected chi connectivity index (χ4v) is 4.30. The van der Waals surface area contributed by atoms with Crippen molar-refractivity contribution < 1.29 is 8.42 Å². The van der Waals surface area contributed by atoms with Crippen molar-refractivity contribution in [1.82, 2.24) is 9.71 Å². The van der Waals surface area contributed by atoms with Crippen molar-refractivity contribution in [3.8, 4) is 0 Å². The molecule has 0 amide bonds. The van der Waals surface area contributed by atoms with Crippen LogP contribution in [-0.4, -0.2) is 19.4 Å². The monoisotopic (exact) mass is 302 g/mol. The fourth-order valence-electron chi connectivity index (χ4n) is 2.54. The molecule has 0 aromatic carbocycles. The Balaban J connectivity index is 2.05. The van der Waals surface area contributed by atoms with Gasteiger partial charge < -0.3 is 0 Å². The van der Waals surface area contributed by atoms with Crippen LogP contribution in [0.25, 0.3) is 0 Å². The van der Waals surface area contributed by atoms with E-state index in [4.69, 9.17) is 11.6 Å². The van der Waals surface area contributed by atoms with E-state index in [-0.39, 0.29) is 16.1 Å². The first-order valence-electron chi connectivity index (χ1n) is 6.65. The zero-order valence-electron chi connectivity index (χ0n) is 11.0. The number of pyridine rings is 1. The second-order valence-corrected chi connectivity index (χ2v) is 7.08. The molecule has 0 aliphatic heterocycles. The van der Waals surface area contributed by atoms with Gasteiger partial charge in [-0.15, -0.1) is 0 Å². The molecular weight excluding hydrogens is 284 g/mol. The molecule has 0 spiro atoms. The third kappa shape index (κ3) is 3.68. The number of halogens is 1. The quantitative estimate of drug-likeness (QED) is 0.870. The van der Waals surface area contributed by atoms with Gasteiger partial charge in [-0.3, -0.25) is 0 Å². The fraction of sp³-hybridized carbons (Fsp3) is 0.615. The number of hydrogen-bond donors (Lipinski definition) is 1. The van der Waals surface area contributed by atoms with E-state index in [0.29, 0.717) is 0 Å². The normalized spacial score (nSPS) is 24.3. The van der Waals surface area contributed by atoms with Gasteiger partial charge in [0.25, 0.3) is 0 Å². The first kappa shape index (κ1) is 14.8. The predicted octanol–water partition coefficient (Wildman–Crippen LogP) is 2.98. The number of nitrogens with zero attached hydrogens (tertiary/aromatic N) is 1. The van der Waals surface area contributed by atoms with Crippen LogP contribution in [0.15, 0.2) is 23.2 Å². The summed E-state index contributed by atoms with van der Waals surface area (Å²) in [6.07, 6.45) is 6.63. The SMILES string of the molecule is CCC1CCC(NS(=O)(=O)c2cccnc2Cl)CC1. The molecule has 1 heterocycles. The van der Waals surface area contributed by atoms with Gasteiger partial charge in [0, 0.05) is 12.2 Å². The lowest BCUT2D eigenvalue weighted by Gasteiger charge is -2.28. The highest BCUT2D eigenvalue weighted by Gasteiger charge is 2.26. The van der Waals surface area contributed by atoms with Crippen LogP contribution in [0.1, 0.15) is 39.0 Å². The topological polar surface area (TPSA) is 59.1 Å². The molecule has 1 aliphatic rings. The van der Waals surface area contributed by atoms with Crippen molar-refractivity contribution in [3.63, 3.8) is 0 Å². The first-order valence-corrected chi connectivity index (χ1v) is 8.52. The molecule has 1 N–H and O–H groups in total. The van der Waals surface area contributed by atoms with Crippen LogP contribution < -0.4 is 4.72 Å². The summed E-state index contributed by atoms with van der Waals surface area (Å²) in [4.78, 5) is 3.87. The molecule has 0 radical (unpaired) electrons. The number of rotatable bonds is 4. The van der Waals surface area contributed by atoms with Crippen LogP contribution in [0, 0.1) is 5.92 Å². The van der Waals surface area contributed by atoms with Crippen LogP contribution >= 0.6 is 11.6 Å². The minimum absolute atomic E-state index is 0.0177. The van der Waals surface area contributed by atoms with E-state index >= 15 is 0 Å². The number of nitrogens with one attached hydrogen (secondary N) is 1. The van der Waals surface area contributed by atoms with E-state index in [2.05, 4.69) is 16.6 Å². The van der Waals surface area contributed by atoms with E-state index in [1.54, 1.807) is 6.07 Å². The van der Waals surface area contributed by atoms with Crippen LogP contribution in [-0.2, 0) is 10.0 Å². The van der Waals surface area contributed by atoms with Gasteiger partial charge in [0.15, 0.2) is 0 Å².